The number of pyridine rings is 1. The molecule has 2 N–H and O–H groups in total. The molecule has 1 aliphatic heterocycles. The minimum absolute atomic E-state index is 0.0118. The molecular weight excluding hydrogens is 484 g/mol. The van der Waals surface area contributed by atoms with Gasteiger partial charge < -0.3 is 29.4 Å². The fourth-order valence-electron chi connectivity index (χ4n) is 3.89. The molecule has 0 saturated carbocycles. The van der Waals surface area contributed by atoms with Crippen molar-refractivity contribution in [2.24, 2.45) is 5.92 Å². The largest absolute Gasteiger partial charge is 0.503 e. The van der Waals surface area contributed by atoms with Gasteiger partial charge in [0.05, 0.1) is 7.11 Å². The smallest absolute Gasteiger partial charge is 0.332 e. The molecule has 198 valence electrons. The normalized spacial score (nSPS) is 21.9. The highest BCUT2D eigenvalue weighted by atomic mass is 16.6. The van der Waals surface area contributed by atoms with Crippen LogP contribution in [-0.4, -0.2) is 65.9 Å². The van der Waals surface area contributed by atoms with Crippen molar-refractivity contribution in [2.75, 3.05) is 13.7 Å². The van der Waals surface area contributed by atoms with Crippen molar-refractivity contribution < 1.29 is 43.2 Å². The van der Waals surface area contributed by atoms with E-state index in [9.17, 15) is 24.3 Å². The van der Waals surface area contributed by atoms with E-state index < -0.39 is 60.3 Å². The third kappa shape index (κ3) is 6.96. The molecule has 1 aromatic carbocycles. The van der Waals surface area contributed by atoms with Crippen molar-refractivity contribution in [3.8, 4) is 11.5 Å². The summed E-state index contributed by atoms with van der Waals surface area (Å²) in [6.07, 6.45) is -0.0676. The summed E-state index contributed by atoms with van der Waals surface area (Å²) in [6, 6.07) is 9.04. The third-order valence-electron chi connectivity index (χ3n) is 5.79. The number of hydrogen-bond acceptors (Lipinski definition) is 10. The monoisotopic (exact) mass is 514 g/mol. The Labute approximate surface area is 214 Å². The van der Waals surface area contributed by atoms with E-state index in [-0.39, 0.29) is 24.3 Å². The van der Waals surface area contributed by atoms with Crippen molar-refractivity contribution in [1.29, 1.82) is 0 Å². The number of cyclic esters (lactones) is 2. The Kier molecular flexibility index (Phi) is 9.42. The fraction of sp³-hybridized carbons (Fsp3) is 0.423. The van der Waals surface area contributed by atoms with E-state index >= 15 is 0 Å². The van der Waals surface area contributed by atoms with E-state index in [1.54, 1.807) is 0 Å². The number of esters is 3. The SMILES string of the molecule is CCCC(=O)OC1C(C)OC(=O)C(NC(=O)c2nccc(OC)c2O)COC(=O)C1Cc1ccccc1. The predicted octanol–water partition coefficient (Wildman–Crippen LogP) is 1.95. The molecule has 11 nitrogen and oxygen atoms in total. The lowest BCUT2D eigenvalue weighted by Gasteiger charge is -2.29. The zero-order valence-electron chi connectivity index (χ0n) is 20.8. The van der Waals surface area contributed by atoms with Gasteiger partial charge in [-0.2, -0.15) is 0 Å². The van der Waals surface area contributed by atoms with Gasteiger partial charge in [-0.15, -0.1) is 0 Å². The van der Waals surface area contributed by atoms with Gasteiger partial charge in [0, 0.05) is 18.7 Å². The standard InChI is InChI=1S/C26H30N2O9/c1-4-8-20(29)37-23-15(2)36-26(33)18(28-24(31)21-22(30)19(34-3)11-12-27-21)14-35-25(32)17(23)13-16-9-6-5-7-10-16/h5-7,9-12,15,17-18,23,30H,4,8,13-14H2,1-3H3,(H,28,31). The highest BCUT2D eigenvalue weighted by Gasteiger charge is 2.42. The first-order valence-corrected chi connectivity index (χ1v) is 11.9. The fourth-order valence-corrected chi connectivity index (χ4v) is 3.89. The van der Waals surface area contributed by atoms with E-state index in [0.29, 0.717) is 6.42 Å². The number of ether oxygens (including phenoxy) is 4. The number of nitrogens with one attached hydrogen (secondary N) is 1. The summed E-state index contributed by atoms with van der Waals surface area (Å²) >= 11 is 0. The topological polar surface area (TPSA) is 150 Å². The number of benzene rings is 1. The molecule has 1 amide bonds. The molecule has 37 heavy (non-hydrogen) atoms. The van der Waals surface area contributed by atoms with Crippen LogP contribution in [0, 0.1) is 5.92 Å². The minimum Gasteiger partial charge on any atom is -0.503 e. The number of hydrogen-bond donors (Lipinski definition) is 2. The van der Waals surface area contributed by atoms with Crippen LogP contribution in [-0.2, 0) is 35.0 Å². The van der Waals surface area contributed by atoms with Gasteiger partial charge in [-0.25, -0.2) is 9.78 Å². The summed E-state index contributed by atoms with van der Waals surface area (Å²) in [5.41, 5.74) is 0.405. The second-order valence-corrected chi connectivity index (χ2v) is 8.51. The first-order valence-electron chi connectivity index (χ1n) is 11.9. The molecular formula is C26H30N2O9. The zero-order chi connectivity index (χ0) is 26.9. The van der Waals surface area contributed by atoms with Crippen LogP contribution in [0.1, 0.15) is 42.7 Å². The molecule has 2 aromatic rings. The molecule has 0 spiro atoms. The average Bonchev–Trinajstić information content (AvgIpc) is 2.91. The van der Waals surface area contributed by atoms with E-state index in [2.05, 4.69) is 10.3 Å². The summed E-state index contributed by atoms with van der Waals surface area (Å²) < 4.78 is 21.5. The third-order valence-corrected chi connectivity index (χ3v) is 5.79. The highest BCUT2D eigenvalue weighted by molar-refractivity contribution is 5.98. The Morgan fingerprint density at radius 1 is 1.16 bits per heavy atom. The van der Waals surface area contributed by atoms with Crippen LogP contribution in [0.4, 0.5) is 0 Å². The quantitative estimate of drug-likeness (QED) is 0.395. The molecule has 1 fully saturated rings. The Hall–Kier alpha value is -4.15. The van der Waals surface area contributed by atoms with Crippen LogP contribution in [0.2, 0.25) is 0 Å². The highest BCUT2D eigenvalue weighted by Crippen LogP contribution is 2.28. The molecule has 3 rings (SSSR count). The molecule has 2 heterocycles. The second-order valence-electron chi connectivity index (χ2n) is 8.51. The van der Waals surface area contributed by atoms with E-state index in [1.165, 1.54) is 26.3 Å². The molecule has 4 atom stereocenters. The summed E-state index contributed by atoms with van der Waals surface area (Å²) in [4.78, 5) is 55.1. The molecule has 1 aliphatic rings. The Morgan fingerprint density at radius 2 is 1.89 bits per heavy atom. The second kappa shape index (κ2) is 12.7. The van der Waals surface area contributed by atoms with E-state index in [1.807, 2.05) is 37.3 Å². The van der Waals surface area contributed by atoms with E-state index in [0.717, 1.165) is 5.56 Å². The maximum Gasteiger partial charge on any atom is 0.332 e. The maximum absolute atomic E-state index is 13.2. The van der Waals surface area contributed by atoms with Crippen LogP contribution in [0.5, 0.6) is 11.5 Å². The van der Waals surface area contributed by atoms with Crippen LogP contribution in [0.3, 0.4) is 0 Å². The number of nitrogens with zero attached hydrogens (tertiary/aromatic N) is 1. The number of amides is 1. The summed E-state index contributed by atoms with van der Waals surface area (Å²) in [5, 5.41) is 12.6. The predicted molar refractivity (Wildman–Crippen MR) is 129 cm³/mol. The number of rotatable bonds is 8. The molecule has 0 aliphatic carbocycles. The molecule has 0 radical (unpaired) electrons. The molecule has 11 heteroatoms. The number of carbonyl (C=O) groups is 4. The number of aromatic hydroxyl groups is 1. The zero-order valence-corrected chi connectivity index (χ0v) is 20.8. The van der Waals surface area contributed by atoms with Gasteiger partial charge >= 0.3 is 17.9 Å². The van der Waals surface area contributed by atoms with Crippen molar-refractivity contribution in [3.05, 3.63) is 53.9 Å². The maximum atomic E-state index is 13.2. The lowest BCUT2D eigenvalue weighted by Crippen LogP contribution is -2.46. The summed E-state index contributed by atoms with van der Waals surface area (Å²) in [7, 11) is 1.31. The first-order chi connectivity index (χ1) is 17.7. The van der Waals surface area contributed by atoms with Crippen molar-refractivity contribution in [2.45, 2.75) is 51.4 Å². The van der Waals surface area contributed by atoms with Crippen LogP contribution >= 0.6 is 0 Å². The van der Waals surface area contributed by atoms with Gasteiger partial charge in [-0.1, -0.05) is 37.3 Å². The summed E-state index contributed by atoms with van der Waals surface area (Å²) in [5.74, 6) is -4.55. The van der Waals surface area contributed by atoms with Gasteiger partial charge in [-0.3, -0.25) is 14.4 Å². The van der Waals surface area contributed by atoms with Crippen molar-refractivity contribution >= 4 is 23.8 Å². The van der Waals surface area contributed by atoms with Gasteiger partial charge in [0.25, 0.3) is 5.91 Å². The number of aromatic nitrogens is 1. The van der Waals surface area contributed by atoms with Crippen molar-refractivity contribution in [3.63, 3.8) is 0 Å². The Morgan fingerprint density at radius 3 is 2.57 bits per heavy atom. The minimum atomic E-state index is -1.41. The first kappa shape index (κ1) is 27.4. The number of carbonyl (C=O) groups excluding carboxylic acids is 4. The number of methoxy groups -OCH3 is 1. The van der Waals surface area contributed by atoms with Crippen molar-refractivity contribution in [1.82, 2.24) is 10.3 Å². The van der Waals surface area contributed by atoms with Crippen LogP contribution < -0.4 is 10.1 Å². The molecule has 1 saturated heterocycles. The lowest BCUT2D eigenvalue weighted by atomic mass is 9.91. The Balaban J connectivity index is 1.86. The van der Waals surface area contributed by atoms with Gasteiger partial charge in [0.1, 0.15) is 18.6 Å². The molecule has 0 bridgehead atoms. The van der Waals surface area contributed by atoms with Crippen LogP contribution in [0.15, 0.2) is 42.6 Å². The van der Waals surface area contributed by atoms with Gasteiger partial charge in [-0.05, 0) is 25.3 Å². The van der Waals surface area contributed by atoms with Crippen LogP contribution in [0.25, 0.3) is 0 Å². The average molecular weight is 515 g/mol. The summed E-state index contributed by atoms with van der Waals surface area (Å²) in [6.45, 7) is 2.78. The van der Waals surface area contributed by atoms with Gasteiger partial charge in [0.15, 0.2) is 29.3 Å². The van der Waals surface area contributed by atoms with Gasteiger partial charge in [0.2, 0.25) is 0 Å². The lowest BCUT2D eigenvalue weighted by molar-refractivity contribution is -0.174. The molecule has 4 unspecified atom stereocenters. The Bertz CT molecular complexity index is 1120. The van der Waals surface area contributed by atoms with E-state index in [4.69, 9.17) is 18.9 Å². The molecule has 1 aromatic heterocycles.